The molecule has 236 valence electrons. The molecule has 0 spiro atoms. The first-order chi connectivity index (χ1) is 21.8. The van der Waals surface area contributed by atoms with Gasteiger partial charge in [0.15, 0.2) is 11.5 Å². The number of ether oxygens (including phenoxy) is 3. The number of hydrogen-bond donors (Lipinski definition) is 3. The highest BCUT2D eigenvalue weighted by Gasteiger charge is 2.29. The lowest BCUT2D eigenvalue weighted by Crippen LogP contribution is -2.27. The van der Waals surface area contributed by atoms with Gasteiger partial charge in [0.05, 0.1) is 50.4 Å². The molecule has 0 radical (unpaired) electrons. The van der Waals surface area contributed by atoms with Crippen molar-refractivity contribution in [2.75, 3.05) is 39.7 Å². The van der Waals surface area contributed by atoms with E-state index >= 15 is 0 Å². The first-order valence-electron chi connectivity index (χ1n) is 15.0. The molecule has 45 heavy (non-hydrogen) atoms. The van der Waals surface area contributed by atoms with Gasteiger partial charge in [0.1, 0.15) is 0 Å². The minimum Gasteiger partial charge on any atom is -0.493 e. The van der Waals surface area contributed by atoms with Gasteiger partial charge in [0, 0.05) is 38.5 Å². The lowest BCUT2D eigenvalue weighted by molar-refractivity contribution is -0.121. The third kappa shape index (κ3) is 6.87. The highest BCUT2D eigenvalue weighted by atomic mass is 16.5. The largest absolute Gasteiger partial charge is 0.493 e. The van der Waals surface area contributed by atoms with E-state index in [-0.39, 0.29) is 23.3 Å². The summed E-state index contributed by atoms with van der Waals surface area (Å²) >= 11 is 0. The number of rotatable bonds is 12. The number of hydrogen-bond acceptors (Lipinski definition) is 8. The van der Waals surface area contributed by atoms with Gasteiger partial charge in [-0.05, 0) is 66.3 Å². The van der Waals surface area contributed by atoms with Crippen molar-refractivity contribution in [3.8, 4) is 28.4 Å². The number of carbonyl (C=O) groups is 2. The van der Waals surface area contributed by atoms with Gasteiger partial charge in [-0.25, -0.2) is 4.98 Å². The van der Waals surface area contributed by atoms with Crippen molar-refractivity contribution in [3.63, 3.8) is 0 Å². The topological polar surface area (TPSA) is 133 Å². The van der Waals surface area contributed by atoms with E-state index in [1.54, 1.807) is 39.8 Å². The van der Waals surface area contributed by atoms with E-state index in [0.29, 0.717) is 73.8 Å². The fraction of sp³-hybridized carbons (Fsp3) is 0.353. The number of imidazole rings is 1. The highest BCUT2D eigenvalue weighted by molar-refractivity contribution is 5.84. The molecule has 0 unspecified atom stereocenters. The molecule has 0 saturated carbocycles. The molecule has 11 nitrogen and oxygen atoms in total. The van der Waals surface area contributed by atoms with Crippen LogP contribution in [0.5, 0.6) is 17.2 Å². The number of fused-ring (bicyclic) bond motifs is 4. The Morgan fingerprint density at radius 1 is 1.00 bits per heavy atom. The second-order valence-electron chi connectivity index (χ2n) is 10.9. The zero-order chi connectivity index (χ0) is 31.9. The monoisotopic (exact) mass is 613 g/mol. The molecule has 5 rings (SSSR count). The van der Waals surface area contributed by atoms with E-state index in [0.717, 1.165) is 27.7 Å². The predicted molar refractivity (Wildman–Crippen MR) is 173 cm³/mol. The van der Waals surface area contributed by atoms with E-state index in [1.165, 1.54) is 6.92 Å². The van der Waals surface area contributed by atoms with Crippen molar-refractivity contribution in [3.05, 3.63) is 76.2 Å². The number of nitrogens with zero attached hydrogens (tertiary/aromatic N) is 2. The van der Waals surface area contributed by atoms with Crippen LogP contribution in [0, 0.1) is 0 Å². The summed E-state index contributed by atoms with van der Waals surface area (Å²) < 4.78 is 19.1. The second-order valence-corrected chi connectivity index (χ2v) is 10.9. The minimum atomic E-state index is -0.386. The summed E-state index contributed by atoms with van der Waals surface area (Å²) in [5.74, 6) is 1.25. The maximum Gasteiger partial charge on any atom is 0.220 e. The molecule has 1 aromatic heterocycles. The summed E-state index contributed by atoms with van der Waals surface area (Å²) in [5, 5.41) is 9.18. The third-order valence-corrected chi connectivity index (χ3v) is 8.01. The van der Waals surface area contributed by atoms with Crippen molar-refractivity contribution >= 4 is 28.5 Å². The van der Waals surface area contributed by atoms with Crippen LogP contribution in [0.15, 0.2) is 59.7 Å². The Kier molecular flexibility index (Phi) is 9.86. The van der Waals surface area contributed by atoms with Gasteiger partial charge in [-0.1, -0.05) is 18.2 Å². The molecule has 1 aliphatic carbocycles. The summed E-state index contributed by atoms with van der Waals surface area (Å²) in [6.07, 6.45) is 3.84. The number of anilines is 1. The lowest BCUT2D eigenvalue weighted by Gasteiger charge is -2.19. The third-order valence-electron chi connectivity index (χ3n) is 8.01. The number of amides is 2. The predicted octanol–water partition coefficient (Wildman–Crippen LogP) is 4.22. The Labute approximate surface area is 261 Å². The maximum absolute atomic E-state index is 13.5. The quantitative estimate of drug-likeness (QED) is 0.202. The molecule has 3 aromatic carbocycles. The molecule has 2 amide bonds. The molecule has 0 aliphatic heterocycles. The molecule has 1 heterocycles. The highest BCUT2D eigenvalue weighted by Crippen LogP contribution is 2.50. The molecule has 0 fully saturated rings. The standard InChI is InChI=1S/C34H39N5O6/c1-21(40)38-25-13-11-22-18-30(43-2)33(44-3)34(45-4)32(22)23-12-14-27(29(41)19-24(23)25)35-15-7-10-31(42)36-16-17-39-20-37-26-8-5-6-9-28(26)39/h5-6,8-9,12,14,18-20,25H,7,10-11,13,15-17H2,1-4H3,(H,35,41)(H,36,42)(H,38,40)/t25-/m0/s1. The van der Waals surface area contributed by atoms with E-state index in [1.807, 2.05) is 41.0 Å². The Hall–Kier alpha value is -5.06. The van der Waals surface area contributed by atoms with Crippen LogP contribution in [-0.2, 0) is 22.6 Å². The zero-order valence-electron chi connectivity index (χ0n) is 26.1. The summed E-state index contributed by atoms with van der Waals surface area (Å²) in [4.78, 5) is 42.5. The van der Waals surface area contributed by atoms with E-state index in [9.17, 15) is 14.4 Å². The zero-order valence-corrected chi connectivity index (χ0v) is 26.1. The van der Waals surface area contributed by atoms with Gasteiger partial charge >= 0.3 is 0 Å². The average Bonchev–Trinajstić information content (AvgIpc) is 3.30. The van der Waals surface area contributed by atoms with Gasteiger partial charge in [-0.3, -0.25) is 14.4 Å². The normalized spacial score (nSPS) is 13.6. The van der Waals surface area contributed by atoms with Crippen LogP contribution in [0.2, 0.25) is 0 Å². The van der Waals surface area contributed by atoms with Crippen LogP contribution in [0.25, 0.3) is 22.2 Å². The van der Waals surface area contributed by atoms with Gasteiger partial charge in [0.2, 0.25) is 23.0 Å². The number of nitrogens with one attached hydrogen (secondary N) is 3. The number of carbonyl (C=O) groups excluding carboxylic acids is 2. The van der Waals surface area contributed by atoms with Crippen molar-refractivity contribution in [1.29, 1.82) is 0 Å². The molecule has 0 bridgehead atoms. The fourth-order valence-corrected chi connectivity index (χ4v) is 5.92. The van der Waals surface area contributed by atoms with E-state index in [4.69, 9.17) is 14.2 Å². The molecular formula is C34H39N5O6. The van der Waals surface area contributed by atoms with Crippen LogP contribution < -0.4 is 35.6 Å². The number of methoxy groups -OCH3 is 3. The number of aryl methyl sites for hydroxylation is 1. The van der Waals surface area contributed by atoms with Gasteiger partial charge < -0.3 is 34.7 Å². The number of benzene rings is 2. The van der Waals surface area contributed by atoms with Gasteiger partial charge in [-0.15, -0.1) is 0 Å². The van der Waals surface area contributed by atoms with Crippen LogP contribution >= 0.6 is 0 Å². The summed E-state index contributed by atoms with van der Waals surface area (Å²) in [6, 6.07) is 14.6. The lowest BCUT2D eigenvalue weighted by atomic mass is 9.95. The van der Waals surface area contributed by atoms with Crippen LogP contribution in [0.3, 0.4) is 0 Å². The molecule has 11 heteroatoms. The Bertz CT molecular complexity index is 1770. The molecule has 0 saturated heterocycles. The van der Waals surface area contributed by atoms with Crippen LogP contribution in [0.4, 0.5) is 5.69 Å². The number of para-hydroxylation sites is 2. The van der Waals surface area contributed by atoms with Crippen LogP contribution in [0.1, 0.15) is 43.4 Å². The van der Waals surface area contributed by atoms with Crippen molar-refractivity contribution in [2.24, 2.45) is 0 Å². The van der Waals surface area contributed by atoms with E-state index in [2.05, 4.69) is 20.9 Å². The smallest absolute Gasteiger partial charge is 0.220 e. The Morgan fingerprint density at radius 2 is 1.80 bits per heavy atom. The van der Waals surface area contributed by atoms with E-state index < -0.39 is 0 Å². The Balaban J connectivity index is 1.30. The average molecular weight is 614 g/mol. The van der Waals surface area contributed by atoms with Crippen LogP contribution in [-0.4, -0.2) is 55.8 Å². The summed E-state index contributed by atoms with van der Waals surface area (Å²) in [6.45, 7) is 3.02. The summed E-state index contributed by atoms with van der Waals surface area (Å²) in [5.41, 5.74) is 5.34. The second kappa shape index (κ2) is 14.1. The fourth-order valence-electron chi connectivity index (χ4n) is 5.92. The molecule has 1 atom stereocenters. The Morgan fingerprint density at radius 3 is 2.56 bits per heavy atom. The van der Waals surface area contributed by atoms with Gasteiger partial charge in [-0.2, -0.15) is 0 Å². The van der Waals surface area contributed by atoms with Crippen molar-refractivity contribution < 1.29 is 23.8 Å². The maximum atomic E-state index is 13.5. The minimum absolute atomic E-state index is 0.0554. The molecule has 1 aliphatic rings. The van der Waals surface area contributed by atoms with Crippen molar-refractivity contribution in [2.45, 2.75) is 45.2 Å². The van der Waals surface area contributed by atoms with Gasteiger partial charge in [0.25, 0.3) is 0 Å². The summed E-state index contributed by atoms with van der Waals surface area (Å²) in [7, 11) is 4.69. The first-order valence-corrected chi connectivity index (χ1v) is 15.0. The molecule has 3 N–H and O–H groups in total. The molecule has 4 aromatic rings. The molecular weight excluding hydrogens is 574 g/mol. The first kappa shape index (κ1) is 31.4. The van der Waals surface area contributed by atoms with Crippen molar-refractivity contribution in [1.82, 2.24) is 20.2 Å². The SMILES string of the molecule is COc1cc2c(c(OC)c1OC)-c1ccc(NCCCC(=O)NCCn3cnc4ccccc43)c(=O)cc1[C@@H](NC(C)=O)CC2. The number of aromatic nitrogens is 2.